The average molecular weight is 271 g/mol. The predicted molar refractivity (Wildman–Crippen MR) is 84.6 cm³/mol. The van der Waals surface area contributed by atoms with Crippen LogP contribution in [0.1, 0.15) is 27.7 Å². The first kappa shape index (κ1) is 14.6. The van der Waals surface area contributed by atoms with Gasteiger partial charge in [-0.1, -0.05) is 24.3 Å². The molecule has 0 unspecified atom stereocenters. The number of nitrogens with zero attached hydrogens (tertiary/aromatic N) is 1. The molecule has 0 saturated carbocycles. The van der Waals surface area contributed by atoms with Crippen molar-refractivity contribution in [1.29, 1.82) is 0 Å². The van der Waals surface area contributed by atoms with E-state index >= 15 is 0 Å². The highest BCUT2D eigenvalue weighted by Crippen LogP contribution is 2.27. The highest BCUT2D eigenvalue weighted by Gasteiger charge is 2.19. The molecule has 20 heavy (non-hydrogen) atoms. The van der Waals surface area contributed by atoms with E-state index in [2.05, 4.69) is 56.9 Å². The molecule has 0 N–H and O–H groups in total. The quantitative estimate of drug-likeness (QED) is 0.749. The van der Waals surface area contributed by atoms with E-state index in [9.17, 15) is 4.39 Å². The molecular weight excluding hydrogens is 249 g/mol. The van der Waals surface area contributed by atoms with Crippen LogP contribution in [0, 0.1) is 5.82 Å². The Morgan fingerprint density at radius 2 is 1.30 bits per heavy atom. The number of halogens is 1. The van der Waals surface area contributed by atoms with Crippen molar-refractivity contribution in [3.8, 4) is 11.1 Å². The molecule has 0 spiro atoms. The highest BCUT2D eigenvalue weighted by atomic mass is 19.1. The zero-order valence-corrected chi connectivity index (χ0v) is 12.7. The van der Waals surface area contributed by atoms with Crippen molar-refractivity contribution in [2.75, 3.05) is 11.4 Å². The Balaban J connectivity index is 2.28. The normalized spacial score (nSPS) is 11.4. The van der Waals surface area contributed by atoms with Crippen molar-refractivity contribution in [1.82, 2.24) is 0 Å². The monoisotopic (exact) mass is 271 g/mol. The van der Waals surface area contributed by atoms with E-state index in [4.69, 9.17) is 0 Å². The number of hydrogen-bond donors (Lipinski definition) is 0. The van der Waals surface area contributed by atoms with Gasteiger partial charge in [0.1, 0.15) is 5.82 Å². The summed E-state index contributed by atoms with van der Waals surface area (Å²) in [5, 5.41) is 0. The van der Waals surface area contributed by atoms with Crippen LogP contribution >= 0.6 is 0 Å². The Morgan fingerprint density at radius 1 is 0.850 bits per heavy atom. The molecule has 0 heterocycles. The number of hydrogen-bond acceptors (Lipinski definition) is 1. The van der Waals surface area contributed by atoms with Crippen LogP contribution in [0.2, 0.25) is 0 Å². The molecule has 0 aromatic heterocycles. The topological polar surface area (TPSA) is 3.24 Å². The van der Waals surface area contributed by atoms with Gasteiger partial charge >= 0.3 is 0 Å². The summed E-state index contributed by atoms with van der Waals surface area (Å²) in [6.45, 7) is 9.78. The Labute approximate surface area is 121 Å². The van der Waals surface area contributed by atoms with Gasteiger partial charge in [-0.05, 0) is 63.1 Å². The second-order valence-electron chi connectivity index (χ2n) is 5.97. The zero-order valence-electron chi connectivity index (χ0n) is 12.7. The van der Waals surface area contributed by atoms with Gasteiger partial charge in [-0.3, -0.25) is 0 Å². The minimum absolute atomic E-state index is 0.103. The zero-order chi connectivity index (χ0) is 14.8. The van der Waals surface area contributed by atoms with Gasteiger partial charge in [-0.15, -0.1) is 0 Å². The van der Waals surface area contributed by atoms with Crippen molar-refractivity contribution in [2.24, 2.45) is 0 Å². The van der Waals surface area contributed by atoms with Crippen LogP contribution in [0.5, 0.6) is 0 Å². The van der Waals surface area contributed by atoms with Crippen molar-refractivity contribution in [3.63, 3.8) is 0 Å². The van der Waals surface area contributed by atoms with Gasteiger partial charge in [0.05, 0.1) is 0 Å². The summed E-state index contributed by atoms with van der Waals surface area (Å²) in [6, 6.07) is 15.1. The van der Waals surface area contributed by atoms with Crippen molar-refractivity contribution < 1.29 is 4.39 Å². The minimum atomic E-state index is -0.199. The number of anilines is 1. The standard InChI is InChI=1S/C18H22FN/c1-5-20(18(2,3)4)17-12-8-15(9-13-17)14-6-10-16(19)11-7-14/h6-13H,5H2,1-4H3. The highest BCUT2D eigenvalue weighted by molar-refractivity contribution is 5.66. The van der Waals surface area contributed by atoms with Crippen LogP contribution in [0.25, 0.3) is 11.1 Å². The lowest BCUT2D eigenvalue weighted by atomic mass is 10.0. The summed E-state index contributed by atoms with van der Waals surface area (Å²) < 4.78 is 12.9. The maximum absolute atomic E-state index is 12.9. The summed E-state index contributed by atoms with van der Waals surface area (Å²) in [4.78, 5) is 2.36. The molecule has 2 rings (SSSR count). The van der Waals surface area contributed by atoms with Gasteiger partial charge in [0.25, 0.3) is 0 Å². The maximum Gasteiger partial charge on any atom is 0.123 e. The molecule has 2 aromatic rings. The Morgan fingerprint density at radius 3 is 1.70 bits per heavy atom. The predicted octanol–water partition coefficient (Wildman–Crippen LogP) is 5.12. The van der Waals surface area contributed by atoms with Gasteiger partial charge in [0.15, 0.2) is 0 Å². The van der Waals surface area contributed by atoms with Gasteiger partial charge in [-0.2, -0.15) is 0 Å². The summed E-state index contributed by atoms with van der Waals surface area (Å²) in [6.07, 6.45) is 0. The second-order valence-corrected chi connectivity index (χ2v) is 5.97. The Kier molecular flexibility index (Phi) is 4.12. The lowest BCUT2D eigenvalue weighted by Crippen LogP contribution is -2.41. The van der Waals surface area contributed by atoms with Gasteiger partial charge < -0.3 is 4.90 Å². The number of rotatable bonds is 3. The molecule has 0 aliphatic carbocycles. The molecule has 0 atom stereocenters. The largest absolute Gasteiger partial charge is 0.367 e. The number of benzene rings is 2. The van der Waals surface area contributed by atoms with E-state index in [1.165, 1.54) is 17.8 Å². The molecule has 0 amide bonds. The molecule has 0 aliphatic rings. The van der Waals surface area contributed by atoms with Crippen LogP contribution < -0.4 is 4.90 Å². The first-order chi connectivity index (χ1) is 9.41. The molecule has 0 bridgehead atoms. The molecule has 0 aliphatic heterocycles. The van der Waals surface area contributed by atoms with Crippen LogP contribution in [0.3, 0.4) is 0 Å². The molecule has 2 heteroatoms. The van der Waals surface area contributed by atoms with Gasteiger partial charge in [0, 0.05) is 17.8 Å². The first-order valence-electron chi connectivity index (χ1n) is 7.05. The van der Waals surface area contributed by atoms with Gasteiger partial charge in [0.2, 0.25) is 0 Å². The molecular formula is C18H22FN. The summed E-state index contributed by atoms with van der Waals surface area (Å²) in [5.41, 5.74) is 3.47. The fourth-order valence-corrected chi connectivity index (χ4v) is 2.52. The third-order valence-electron chi connectivity index (χ3n) is 3.48. The van der Waals surface area contributed by atoms with E-state index in [1.54, 1.807) is 0 Å². The molecule has 106 valence electrons. The average Bonchev–Trinajstić information content (AvgIpc) is 2.40. The van der Waals surface area contributed by atoms with Crippen LogP contribution in [-0.4, -0.2) is 12.1 Å². The van der Waals surface area contributed by atoms with E-state index in [-0.39, 0.29) is 11.4 Å². The first-order valence-corrected chi connectivity index (χ1v) is 7.05. The fraction of sp³-hybridized carbons (Fsp3) is 0.333. The Hall–Kier alpha value is -1.83. The lowest BCUT2D eigenvalue weighted by molar-refractivity contribution is 0.513. The molecule has 0 fully saturated rings. The SMILES string of the molecule is CCN(c1ccc(-c2ccc(F)cc2)cc1)C(C)(C)C. The van der Waals surface area contributed by atoms with E-state index < -0.39 is 0 Å². The molecule has 0 saturated heterocycles. The summed E-state index contributed by atoms with van der Waals surface area (Å²) in [5.74, 6) is -0.199. The Bertz CT molecular complexity index is 549. The van der Waals surface area contributed by atoms with Crippen molar-refractivity contribution in [3.05, 3.63) is 54.3 Å². The summed E-state index contributed by atoms with van der Waals surface area (Å²) in [7, 11) is 0. The molecule has 1 nitrogen and oxygen atoms in total. The third kappa shape index (κ3) is 3.19. The molecule has 2 aromatic carbocycles. The van der Waals surface area contributed by atoms with E-state index in [0.717, 1.165) is 17.7 Å². The molecule has 0 radical (unpaired) electrons. The van der Waals surface area contributed by atoms with Crippen LogP contribution in [-0.2, 0) is 0 Å². The van der Waals surface area contributed by atoms with E-state index in [0.29, 0.717) is 0 Å². The smallest absolute Gasteiger partial charge is 0.123 e. The fourth-order valence-electron chi connectivity index (χ4n) is 2.52. The van der Waals surface area contributed by atoms with Crippen LogP contribution in [0.15, 0.2) is 48.5 Å². The maximum atomic E-state index is 12.9. The van der Waals surface area contributed by atoms with Gasteiger partial charge in [-0.25, -0.2) is 4.39 Å². The van der Waals surface area contributed by atoms with Crippen molar-refractivity contribution in [2.45, 2.75) is 33.2 Å². The van der Waals surface area contributed by atoms with Crippen molar-refractivity contribution >= 4 is 5.69 Å². The lowest BCUT2D eigenvalue weighted by Gasteiger charge is -2.37. The summed E-state index contributed by atoms with van der Waals surface area (Å²) >= 11 is 0. The van der Waals surface area contributed by atoms with Crippen LogP contribution in [0.4, 0.5) is 10.1 Å². The second kappa shape index (κ2) is 5.66. The third-order valence-corrected chi connectivity index (χ3v) is 3.48. The minimum Gasteiger partial charge on any atom is -0.367 e. The van der Waals surface area contributed by atoms with E-state index in [1.807, 2.05) is 12.1 Å².